The molecule has 0 aromatic carbocycles. The number of hydrogen-bond acceptors (Lipinski definition) is 8. The maximum absolute atomic E-state index is 12.4. The molecule has 0 unspecified atom stereocenters. The molecule has 0 aliphatic rings. The lowest BCUT2D eigenvalue weighted by Gasteiger charge is -2.26. The number of rotatable bonds is 12. The molecule has 0 saturated heterocycles. The molecule has 0 atom stereocenters. The summed E-state index contributed by atoms with van der Waals surface area (Å²) >= 11 is 0. The Morgan fingerprint density at radius 3 is 1.48 bits per heavy atom. The normalized spacial score (nSPS) is 10.7. The Kier molecular flexibility index (Phi) is 11.2. The first-order valence-corrected chi connectivity index (χ1v) is 8.51. The molecule has 0 aromatic heterocycles. The predicted octanol–water partition coefficient (Wildman–Crippen LogP) is 1.79. The summed E-state index contributed by atoms with van der Waals surface area (Å²) < 4.78 is 19.6. The lowest BCUT2D eigenvalue weighted by Crippen LogP contribution is -2.49. The first-order valence-electron chi connectivity index (χ1n) is 8.51. The van der Waals surface area contributed by atoms with Crippen LogP contribution in [-0.4, -0.2) is 50.3 Å². The van der Waals surface area contributed by atoms with Gasteiger partial charge in [-0.05, 0) is 40.0 Å². The highest BCUT2D eigenvalue weighted by atomic mass is 16.6. The van der Waals surface area contributed by atoms with Gasteiger partial charge in [-0.2, -0.15) is 0 Å². The van der Waals surface area contributed by atoms with Crippen molar-refractivity contribution in [2.45, 2.75) is 53.4 Å². The summed E-state index contributed by atoms with van der Waals surface area (Å²) in [6.45, 7) is 6.35. The van der Waals surface area contributed by atoms with Gasteiger partial charge >= 0.3 is 23.9 Å². The van der Waals surface area contributed by atoms with E-state index in [9.17, 15) is 19.2 Å². The summed E-state index contributed by atoms with van der Waals surface area (Å²) in [7, 11) is 0. The van der Waals surface area contributed by atoms with Crippen LogP contribution in [0.15, 0.2) is 0 Å². The smallest absolute Gasteiger partial charge is 0.335 e. The highest BCUT2D eigenvalue weighted by Crippen LogP contribution is 2.31. The molecule has 0 aliphatic carbocycles. The molecule has 0 amide bonds. The van der Waals surface area contributed by atoms with E-state index in [4.69, 9.17) is 18.9 Å². The van der Waals surface area contributed by atoms with E-state index < -0.39 is 23.3 Å². The van der Waals surface area contributed by atoms with E-state index >= 15 is 0 Å². The van der Waals surface area contributed by atoms with Gasteiger partial charge in [0.2, 0.25) is 0 Å². The number of ether oxygens (including phenoxy) is 4. The first-order chi connectivity index (χ1) is 11.9. The Labute approximate surface area is 148 Å². The molecular weight excluding hydrogens is 332 g/mol. The predicted molar refractivity (Wildman–Crippen MR) is 87.4 cm³/mol. The molecule has 8 heteroatoms. The number of unbranched alkanes of at least 4 members (excludes halogenated alkanes) is 2. The van der Waals surface area contributed by atoms with E-state index in [1.165, 1.54) is 6.92 Å². The molecule has 0 bridgehead atoms. The molecule has 144 valence electrons. The third-order valence-corrected chi connectivity index (χ3v) is 3.37. The summed E-state index contributed by atoms with van der Waals surface area (Å²) in [6, 6.07) is 0. The number of hydrogen-bond donors (Lipinski definition) is 0. The molecule has 0 radical (unpaired) electrons. The third-order valence-electron chi connectivity index (χ3n) is 3.37. The van der Waals surface area contributed by atoms with E-state index in [-0.39, 0.29) is 38.8 Å². The standard InChI is InChI=1S/C17H28O8/c1-5-22-14(19)17(15(20)23-6-2,16(21)24-7-3)11-9-8-10-12-25-13(4)18/h5-12H2,1-4H3. The third kappa shape index (κ3) is 7.11. The fourth-order valence-corrected chi connectivity index (χ4v) is 2.20. The van der Waals surface area contributed by atoms with Crippen molar-refractivity contribution < 1.29 is 38.1 Å². The lowest BCUT2D eigenvalue weighted by atomic mass is 9.82. The van der Waals surface area contributed by atoms with Crippen molar-refractivity contribution in [3.8, 4) is 0 Å². The van der Waals surface area contributed by atoms with Crippen LogP contribution in [0, 0.1) is 5.41 Å². The average Bonchev–Trinajstić information content (AvgIpc) is 2.54. The molecule has 0 aliphatic heterocycles. The maximum Gasteiger partial charge on any atom is 0.335 e. The van der Waals surface area contributed by atoms with Crippen LogP contribution in [0.1, 0.15) is 53.4 Å². The van der Waals surface area contributed by atoms with Crippen molar-refractivity contribution in [1.82, 2.24) is 0 Å². The Bertz CT molecular complexity index is 412. The molecule has 0 fully saturated rings. The molecule has 0 saturated carbocycles. The Morgan fingerprint density at radius 1 is 0.680 bits per heavy atom. The van der Waals surface area contributed by atoms with E-state index in [0.717, 1.165) is 0 Å². The Hall–Kier alpha value is -2.12. The molecule has 0 N–H and O–H groups in total. The zero-order valence-electron chi connectivity index (χ0n) is 15.4. The van der Waals surface area contributed by atoms with Gasteiger partial charge in [-0.1, -0.05) is 6.42 Å². The van der Waals surface area contributed by atoms with Crippen molar-refractivity contribution in [3.05, 3.63) is 0 Å². The minimum atomic E-state index is -2.12. The molecule has 0 spiro atoms. The summed E-state index contributed by atoms with van der Waals surface area (Å²) in [5.74, 6) is -3.27. The molecule has 0 heterocycles. The molecule has 8 nitrogen and oxygen atoms in total. The van der Waals surface area contributed by atoms with Crippen LogP contribution in [0.3, 0.4) is 0 Å². The maximum atomic E-state index is 12.4. The second-order valence-corrected chi connectivity index (χ2v) is 5.22. The van der Waals surface area contributed by atoms with Gasteiger partial charge in [0.15, 0.2) is 0 Å². The van der Waals surface area contributed by atoms with Gasteiger partial charge in [0.05, 0.1) is 26.4 Å². The molecular formula is C17H28O8. The van der Waals surface area contributed by atoms with Crippen LogP contribution < -0.4 is 0 Å². The summed E-state index contributed by atoms with van der Waals surface area (Å²) in [5, 5.41) is 0. The fourth-order valence-electron chi connectivity index (χ4n) is 2.20. The van der Waals surface area contributed by atoms with Gasteiger partial charge in [-0.3, -0.25) is 19.2 Å². The van der Waals surface area contributed by atoms with E-state index in [1.54, 1.807) is 20.8 Å². The fraction of sp³-hybridized carbons (Fsp3) is 0.765. The van der Waals surface area contributed by atoms with Crippen LogP contribution in [-0.2, 0) is 38.1 Å². The van der Waals surface area contributed by atoms with Crippen molar-refractivity contribution in [1.29, 1.82) is 0 Å². The highest BCUT2D eigenvalue weighted by molar-refractivity contribution is 6.17. The summed E-state index contributed by atoms with van der Waals surface area (Å²) in [4.78, 5) is 48.0. The number of carbonyl (C=O) groups is 4. The summed E-state index contributed by atoms with van der Waals surface area (Å²) in [6.07, 6.45) is 1.36. The second kappa shape index (κ2) is 12.3. The van der Waals surface area contributed by atoms with Crippen molar-refractivity contribution >= 4 is 23.9 Å². The van der Waals surface area contributed by atoms with Gasteiger partial charge < -0.3 is 18.9 Å². The van der Waals surface area contributed by atoms with E-state index in [0.29, 0.717) is 19.3 Å². The Morgan fingerprint density at radius 2 is 1.12 bits per heavy atom. The Balaban J connectivity index is 5.17. The van der Waals surface area contributed by atoms with Crippen LogP contribution in [0.5, 0.6) is 0 Å². The second-order valence-electron chi connectivity index (χ2n) is 5.22. The van der Waals surface area contributed by atoms with Gasteiger partial charge in [0.1, 0.15) is 0 Å². The van der Waals surface area contributed by atoms with Crippen LogP contribution in [0.4, 0.5) is 0 Å². The van der Waals surface area contributed by atoms with Crippen LogP contribution in [0.25, 0.3) is 0 Å². The molecule has 0 aromatic rings. The van der Waals surface area contributed by atoms with Crippen molar-refractivity contribution in [2.24, 2.45) is 5.41 Å². The topological polar surface area (TPSA) is 105 Å². The van der Waals surface area contributed by atoms with Crippen molar-refractivity contribution in [2.75, 3.05) is 26.4 Å². The largest absolute Gasteiger partial charge is 0.466 e. The van der Waals surface area contributed by atoms with Gasteiger partial charge in [-0.25, -0.2) is 0 Å². The highest BCUT2D eigenvalue weighted by Gasteiger charge is 2.56. The minimum absolute atomic E-state index is 0.0197. The number of esters is 4. The van der Waals surface area contributed by atoms with Crippen LogP contribution in [0.2, 0.25) is 0 Å². The quantitative estimate of drug-likeness (QED) is 0.224. The van der Waals surface area contributed by atoms with Gasteiger partial charge in [-0.15, -0.1) is 0 Å². The summed E-state index contributed by atoms with van der Waals surface area (Å²) in [5.41, 5.74) is -2.12. The zero-order chi connectivity index (χ0) is 19.3. The molecule has 0 rings (SSSR count). The van der Waals surface area contributed by atoms with E-state index in [2.05, 4.69) is 0 Å². The van der Waals surface area contributed by atoms with Crippen LogP contribution >= 0.6 is 0 Å². The monoisotopic (exact) mass is 360 g/mol. The van der Waals surface area contributed by atoms with Crippen molar-refractivity contribution in [3.63, 3.8) is 0 Å². The number of carbonyl (C=O) groups excluding carboxylic acids is 4. The minimum Gasteiger partial charge on any atom is -0.466 e. The molecule has 25 heavy (non-hydrogen) atoms. The van der Waals surface area contributed by atoms with Gasteiger partial charge in [0.25, 0.3) is 5.41 Å². The average molecular weight is 360 g/mol. The van der Waals surface area contributed by atoms with E-state index in [1.807, 2.05) is 0 Å². The lowest BCUT2D eigenvalue weighted by molar-refractivity contribution is -0.184. The zero-order valence-corrected chi connectivity index (χ0v) is 15.4. The SMILES string of the molecule is CCOC(=O)C(CCCCCOC(C)=O)(C(=O)OCC)C(=O)OCC. The van der Waals surface area contributed by atoms with Gasteiger partial charge in [0, 0.05) is 6.92 Å². The first kappa shape index (κ1) is 22.9.